The molecule has 0 aliphatic carbocycles. The summed E-state index contributed by atoms with van der Waals surface area (Å²) in [6.45, 7) is 10.2. The van der Waals surface area contributed by atoms with Crippen molar-refractivity contribution >= 4 is 61.9 Å². The molecule has 24 heteroatoms. The molecular formula is C64H114Cl2N10O10P2. The SMILES string of the molecule is CCCCCCCCCCCCCCCCCCOCCOP(=O)(COCCn1cnc2c1NC(N)=NC2Cl)OCc1ccc(C)cc1.CCCCCCCCCCCCCCCCCCOCCOP(=O)(O)COCCn1cnc2c1NC(N)=NC2Cl. The van der Waals surface area contributed by atoms with Crippen LogP contribution in [-0.4, -0.2) is 101 Å². The maximum absolute atomic E-state index is 13.6. The highest BCUT2D eigenvalue weighted by molar-refractivity contribution is 7.53. The summed E-state index contributed by atoms with van der Waals surface area (Å²) in [4.78, 5) is 26.6. The van der Waals surface area contributed by atoms with Gasteiger partial charge in [0.05, 0.1) is 58.9 Å². The summed E-state index contributed by atoms with van der Waals surface area (Å²) < 4.78 is 68.5. The molecule has 2 aromatic heterocycles. The Bertz CT molecular complexity index is 2400. The molecule has 504 valence electrons. The Morgan fingerprint density at radius 1 is 0.477 bits per heavy atom. The average Bonchev–Trinajstić information content (AvgIpc) is 2.04. The molecule has 0 spiro atoms. The number of ether oxygens (including phenoxy) is 4. The van der Waals surface area contributed by atoms with Gasteiger partial charge in [-0.05, 0) is 25.3 Å². The first-order valence-electron chi connectivity index (χ1n) is 33.6. The predicted molar refractivity (Wildman–Crippen MR) is 360 cm³/mol. The van der Waals surface area contributed by atoms with E-state index in [2.05, 4.69) is 44.4 Å². The van der Waals surface area contributed by atoms with Crippen molar-refractivity contribution in [3.05, 3.63) is 59.4 Å². The minimum atomic E-state index is -3.84. The smallest absolute Gasteiger partial charge is 0.356 e. The molecule has 0 saturated carbocycles. The van der Waals surface area contributed by atoms with E-state index in [9.17, 15) is 14.0 Å². The molecule has 3 aromatic rings. The number of hydrogen-bond acceptors (Lipinski definition) is 17. The predicted octanol–water partition coefficient (Wildman–Crippen LogP) is 17.2. The Labute approximate surface area is 538 Å². The summed E-state index contributed by atoms with van der Waals surface area (Å²) in [5.74, 6) is 1.74. The lowest BCUT2D eigenvalue weighted by atomic mass is 10.0. The Balaban J connectivity index is 0.000000383. The third-order valence-electron chi connectivity index (χ3n) is 15.5. The number of aryl methyl sites for hydroxylation is 1. The van der Waals surface area contributed by atoms with E-state index in [0.29, 0.717) is 62.5 Å². The van der Waals surface area contributed by atoms with Crippen LogP contribution in [0.5, 0.6) is 0 Å². The lowest BCUT2D eigenvalue weighted by Crippen LogP contribution is -2.28. The second kappa shape index (κ2) is 48.6. The Hall–Kier alpha value is -3.10. The molecule has 1 aromatic carbocycles. The molecule has 0 saturated heterocycles. The Kier molecular flexibility index (Phi) is 42.7. The van der Waals surface area contributed by atoms with Gasteiger partial charge in [-0.1, -0.05) is 260 Å². The van der Waals surface area contributed by atoms with Gasteiger partial charge in [-0.15, -0.1) is 0 Å². The van der Waals surface area contributed by atoms with Crippen molar-refractivity contribution in [1.29, 1.82) is 0 Å². The van der Waals surface area contributed by atoms with Gasteiger partial charge >= 0.3 is 15.2 Å². The number of guanidine groups is 2. The van der Waals surface area contributed by atoms with Crippen LogP contribution in [0.3, 0.4) is 0 Å². The van der Waals surface area contributed by atoms with E-state index in [0.717, 1.165) is 30.4 Å². The number of nitrogens with two attached hydrogens (primary N) is 2. The summed E-state index contributed by atoms with van der Waals surface area (Å²) >= 11 is 12.3. The third-order valence-corrected chi connectivity index (χ3v) is 18.8. The van der Waals surface area contributed by atoms with E-state index in [1.54, 1.807) is 17.2 Å². The second-order valence-electron chi connectivity index (χ2n) is 23.4. The largest absolute Gasteiger partial charge is 0.379 e. The van der Waals surface area contributed by atoms with Crippen LogP contribution >= 0.6 is 38.4 Å². The molecular weight excluding hydrogens is 1200 g/mol. The number of fused-ring (bicyclic) bond motifs is 2. The minimum absolute atomic E-state index is 0.0602. The van der Waals surface area contributed by atoms with Gasteiger partial charge in [0.15, 0.2) is 22.9 Å². The number of unbranched alkanes of at least 4 members (excludes halogenated alkanes) is 30. The fraction of sp³-hybridized carbons (Fsp3) is 0.781. The van der Waals surface area contributed by atoms with Crippen LogP contribution in [0.2, 0.25) is 0 Å². The van der Waals surface area contributed by atoms with E-state index >= 15 is 0 Å². The van der Waals surface area contributed by atoms with Crippen molar-refractivity contribution in [2.45, 2.75) is 257 Å². The number of nitrogens with one attached hydrogen (secondary N) is 2. The molecule has 7 N–H and O–H groups in total. The first kappa shape index (κ1) is 77.3. The molecule has 0 radical (unpaired) electrons. The summed E-state index contributed by atoms with van der Waals surface area (Å²) in [5, 5.41) is 5.91. The zero-order valence-corrected chi connectivity index (χ0v) is 57.3. The van der Waals surface area contributed by atoms with Crippen LogP contribution in [0.1, 0.15) is 253 Å². The van der Waals surface area contributed by atoms with Crippen molar-refractivity contribution in [2.24, 2.45) is 21.5 Å². The van der Waals surface area contributed by atoms with Crippen LogP contribution in [0.4, 0.5) is 11.6 Å². The van der Waals surface area contributed by atoms with E-state index < -0.39 is 32.5 Å². The molecule has 0 amide bonds. The van der Waals surface area contributed by atoms with Crippen LogP contribution in [0.25, 0.3) is 0 Å². The molecule has 4 atom stereocenters. The monoisotopic (exact) mass is 1310 g/mol. The highest BCUT2D eigenvalue weighted by Gasteiger charge is 2.28. The van der Waals surface area contributed by atoms with Gasteiger partial charge in [-0.2, -0.15) is 0 Å². The Morgan fingerprint density at radius 3 is 1.24 bits per heavy atom. The highest BCUT2D eigenvalue weighted by Crippen LogP contribution is 2.49. The van der Waals surface area contributed by atoms with E-state index in [4.69, 9.17) is 67.2 Å². The van der Waals surface area contributed by atoms with E-state index in [-0.39, 0.29) is 51.3 Å². The summed E-state index contributed by atoms with van der Waals surface area (Å²) in [5.41, 5.74) is 13.5. The maximum atomic E-state index is 13.6. The number of imidazole rings is 2. The van der Waals surface area contributed by atoms with Crippen molar-refractivity contribution in [3.63, 3.8) is 0 Å². The summed E-state index contributed by atoms with van der Waals surface area (Å²) in [6.07, 6.45) is 45.5. The number of benzene rings is 1. The van der Waals surface area contributed by atoms with Gasteiger partial charge < -0.3 is 68.6 Å². The number of alkyl halides is 2. The van der Waals surface area contributed by atoms with E-state index in [1.165, 1.54) is 186 Å². The number of nitrogens with zero attached hydrogens (tertiary/aromatic N) is 6. The van der Waals surface area contributed by atoms with Gasteiger partial charge in [-0.25, -0.2) is 20.0 Å². The molecule has 2 aliphatic heterocycles. The zero-order chi connectivity index (χ0) is 63.2. The molecule has 0 fully saturated rings. The fourth-order valence-corrected chi connectivity index (χ4v) is 12.9. The van der Waals surface area contributed by atoms with E-state index in [1.807, 2.05) is 35.8 Å². The third kappa shape index (κ3) is 35.6. The van der Waals surface area contributed by atoms with Crippen molar-refractivity contribution in [1.82, 2.24) is 19.1 Å². The first-order chi connectivity index (χ1) is 42.8. The number of anilines is 2. The lowest BCUT2D eigenvalue weighted by molar-refractivity contribution is 0.0756. The van der Waals surface area contributed by atoms with Gasteiger partial charge in [0.1, 0.15) is 35.7 Å². The number of rotatable bonds is 55. The van der Waals surface area contributed by atoms with Crippen molar-refractivity contribution in [2.75, 3.05) is 76.2 Å². The topological polar surface area (TPSA) is 255 Å². The molecule has 20 nitrogen and oxygen atoms in total. The van der Waals surface area contributed by atoms with Gasteiger partial charge in [-0.3, -0.25) is 9.13 Å². The zero-order valence-electron chi connectivity index (χ0n) is 54.0. The lowest BCUT2D eigenvalue weighted by Gasteiger charge is -2.20. The molecule has 5 rings (SSSR count). The second-order valence-corrected chi connectivity index (χ2v) is 28.0. The standard InChI is InChI=1S/C36H61ClN5O5P.C28H53ClN5O5P/c1-3-4-5-6-7-8-9-10-11-12-13-14-15-16-17-18-24-44-26-27-46-48(43,47-28-32-21-19-31(2)20-22-32)30-45-25-23-42-29-39-33-34(37)40-36(38)41-35(33)42;1-2-3-4-5-6-7-8-9-10-11-12-13-14-15-16-17-19-37-21-22-39-40(35,36)24-38-20-18-34-23-31-25-26(29)32-28(30)33-27(25)34/h19-22,29,34H,3-18,23-28,30H2,1-2H3,(H3,38,40,41);23,26H,2-22,24H2,1H3,(H,35,36)(H3,30,32,33). The summed E-state index contributed by atoms with van der Waals surface area (Å²) in [6, 6.07) is 7.90. The number of aliphatic imine (C=N–C) groups is 2. The van der Waals surface area contributed by atoms with Gasteiger partial charge in [0.25, 0.3) is 0 Å². The van der Waals surface area contributed by atoms with Gasteiger partial charge in [0, 0.05) is 26.3 Å². The first-order valence-corrected chi connectivity index (χ1v) is 38.0. The summed E-state index contributed by atoms with van der Waals surface area (Å²) in [7, 11) is -7.38. The van der Waals surface area contributed by atoms with Crippen LogP contribution in [0, 0.1) is 6.92 Å². The number of aromatic nitrogens is 4. The molecule has 2 aliphatic rings. The average molecular weight is 1320 g/mol. The van der Waals surface area contributed by atoms with Crippen LogP contribution in [-0.2, 0) is 61.3 Å². The number of halogens is 2. The molecule has 0 bridgehead atoms. The Morgan fingerprint density at radius 2 is 0.841 bits per heavy atom. The maximum Gasteiger partial charge on any atom is 0.356 e. The molecule has 4 heterocycles. The van der Waals surface area contributed by atoms with Crippen molar-refractivity contribution in [3.8, 4) is 0 Å². The van der Waals surface area contributed by atoms with Gasteiger partial charge in [0.2, 0.25) is 0 Å². The number of hydrogen-bond donors (Lipinski definition) is 5. The fourth-order valence-electron chi connectivity index (χ4n) is 10.3. The molecule has 4 unspecified atom stereocenters. The quantitative estimate of drug-likeness (QED) is 0.0152. The normalized spacial score (nSPS) is 15.9. The van der Waals surface area contributed by atoms with Crippen LogP contribution < -0.4 is 22.1 Å². The molecule has 88 heavy (non-hydrogen) atoms. The van der Waals surface area contributed by atoms with Crippen LogP contribution in [0.15, 0.2) is 46.9 Å². The highest BCUT2D eigenvalue weighted by atomic mass is 35.5. The van der Waals surface area contributed by atoms with Crippen molar-refractivity contribution < 1.29 is 46.5 Å². The minimum Gasteiger partial charge on any atom is -0.379 e.